The third-order valence-electron chi connectivity index (χ3n) is 2.64. The molecule has 2 aromatic rings. The van der Waals surface area contributed by atoms with Crippen molar-refractivity contribution in [3.63, 3.8) is 0 Å². The summed E-state index contributed by atoms with van der Waals surface area (Å²) in [7, 11) is 1.83. The molecule has 0 unspecified atom stereocenters. The Hall–Kier alpha value is -2.08. The second-order valence-corrected chi connectivity index (χ2v) is 4.09. The molecule has 6 nitrogen and oxygen atoms in total. The average molecular weight is 249 g/mol. The van der Waals surface area contributed by atoms with Crippen LogP contribution in [-0.2, 0) is 7.05 Å². The van der Waals surface area contributed by atoms with E-state index in [4.69, 9.17) is 4.52 Å². The van der Waals surface area contributed by atoms with E-state index in [0.717, 1.165) is 5.69 Å². The van der Waals surface area contributed by atoms with E-state index in [-0.39, 0.29) is 18.1 Å². The monoisotopic (exact) mass is 249 g/mol. The lowest BCUT2D eigenvalue weighted by molar-refractivity contribution is 0.0903. The zero-order chi connectivity index (χ0) is 13.1. The number of carbonyl (C=O) groups excluding carboxylic acids is 1. The quantitative estimate of drug-likeness (QED) is 0.839. The van der Waals surface area contributed by atoms with Crippen LogP contribution >= 0.6 is 0 Å². The number of rotatable bonds is 4. The van der Waals surface area contributed by atoms with Gasteiger partial charge in [-0.2, -0.15) is 0 Å². The van der Waals surface area contributed by atoms with Crippen LogP contribution in [0.3, 0.4) is 0 Å². The fourth-order valence-electron chi connectivity index (χ4n) is 1.68. The van der Waals surface area contributed by atoms with Crippen LogP contribution in [0.25, 0.3) is 0 Å². The van der Waals surface area contributed by atoms with Gasteiger partial charge >= 0.3 is 0 Å². The van der Waals surface area contributed by atoms with Crippen LogP contribution in [0.15, 0.2) is 28.9 Å². The van der Waals surface area contributed by atoms with Gasteiger partial charge in [0.1, 0.15) is 11.9 Å². The van der Waals surface area contributed by atoms with Crippen LogP contribution in [0.2, 0.25) is 0 Å². The normalized spacial score (nSPS) is 12.4. The molecule has 6 heteroatoms. The van der Waals surface area contributed by atoms with Crippen molar-refractivity contribution in [2.45, 2.75) is 13.0 Å². The van der Waals surface area contributed by atoms with Crippen molar-refractivity contribution in [3.8, 4) is 0 Å². The molecule has 2 aromatic heterocycles. The predicted molar refractivity (Wildman–Crippen MR) is 63.9 cm³/mol. The molecule has 1 atom stereocenters. The van der Waals surface area contributed by atoms with Crippen LogP contribution in [0, 0.1) is 6.92 Å². The number of carbonyl (C=O) groups is 1. The van der Waals surface area contributed by atoms with E-state index in [1.807, 2.05) is 19.3 Å². The first-order chi connectivity index (χ1) is 8.58. The fraction of sp³-hybridized carbons (Fsp3) is 0.333. The third kappa shape index (κ3) is 2.60. The molecule has 0 aromatic carbocycles. The minimum Gasteiger partial charge on any atom is -0.385 e. The van der Waals surface area contributed by atoms with E-state index < -0.39 is 6.10 Å². The first-order valence-electron chi connectivity index (χ1n) is 5.58. The maximum absolute atomic E-state index is 11.7. The largest absolute Gasteiger partial charge is 0.385 e. The number of aliphatic hydroxyl groups is 1. The van der Waals surface area contributed by atoms with Crippen molar-refractivity contribution in [2.75, 3.05) is 6.54 Å². The summed E-state index contributed by atoms with van der Waals surface area (Å²) in [6.45, 7) is 1.84. The van der Waals surface area contributed by atoms with Gasteiger partial charge in [-0.05, 0) is 19.1 Å². The second kappa shape index (κ2) is 5.05. The lowest BCUT2D eigenvalue weighted by Crippen LogP contribution is -2.29. The fourth-order valence-corrected chi connectivity index (χ4v) is 1.68. The molecule has 0 aliphatic heterocycles. The maximum atomic E-state index is 11.7. The highest BCUT2D eigenvalue weighted by Gasteiger charge is 2.15. The molecule has 96 valence electrons. The average Bonchev–Trinajstić information content (AvgIpc) is 2.94. The van der Waals surface area contributed by atoms with Gasteiger partial charge in [-0.1, -0.05) is 5.16 Å². The number of nitrogens with one attached hydrogen (secondary N) is 1. The van der Waals surface area contributed by atoms with Gasteiger partial charge in [0.05, 0.1) is 0 Å². The number of hydrogen-bond donors (Lipinski definition) is 2. The van der Waals surface area contributed by atoms with Crippen LogP contribution in [-0.4, -0.2) is 27.3 Å². The number of aryl methyl sites for hydroxylation is 2. The van der Waals surface area contributed by atoms with E-state index in [2.05, 4.69) is 10.5 Å². The van der Waals surface area contributed by atoms with Gasteiger partial charge in [0.25, 0.3) is 5.91 Å². The number of aliphatic hydroxyl groups excluding tert-OH is 1. The van der Waals surface area contributed by atoms with E-state index in [0.29, 0.717) is 5.76 Å². The van der Waals surface area contributed by atoms with Crippen molar-refractivity contribution in [3.05, 3.63) is 41.5 Å². The molecule has 2 heterocycles. The Morgan fingerprint density at radius 3 is 3.00 bits per heavy atom. The molecular weight excluding hydrogens is 234 g/mol. The molecular formula is C12H15N3O3. The van der Waals surface area contributed by atoms with Gasteiger partial charge in [-0.3, -0.25) is 4.79 Å². The number of amides is 1. The highest BCUT2D eigenvalue weighted by Crippen LogP contribution is 2.11. The summed E-state index contributed by atoms with van der Waals surface area (Å²) in [6.07, 6.45) is 1.09. The SMILES string of the molecule is Cc1cc(C(=O)NC[C@@H](O)c2cccn2C)no1. The molecule has 0 aliphatic rings. The standard InChI is InChI=1S/C12H15N3O3/c1-8-6-9(14-18-8)12(17)13-7-11(16)10-4-3-5-15(10)2/h3-6,11,16H,7H2,1-2H3,(H,13,17)/t11-/m1/s1. The third-order valence-corrected chi connectivity index (χ3v) is 2.64. The van der Waals surface area contributed by atoms with Crippen molar-refractivity contribution >= 4 is 5.91 Å². The van der Waals surface area contributed by atoms with E-state index in [1.165, 1.54) is 0 Å². The number of nitrogens with zero attached hydrogens (tertiary/aromatic N) is 2. The van der Waals surface area contributed by atoms with Gasteiger partial charge in [0.15, 0.2) is 5.69 Å². The molecule has 0 saturated heterocycles. The van der Waals surface area contributed by atoms with Crippen LogP contribution in [0.5, 0.6) is 0 Å². The number of hydrogen-bond acceptors (Lipinski definition) is 4. The van der Waals surface area contributed by atoms with Crippen molar-refractivity contribution < 1.29 is 14.4 Å². The van der Waals surface area contributed by atoms with Gasteiger partial charge in [0, 0.05) is 31.5 Å². The smallest absolute Gasteiger partial charge is 0.273 e. The Balaban J connectivity index is 1.92. The Bertz CT molecular complexity index is 544. The molecule has 0 bridgehead atoms. The van der Waals surface area contributed by atoms with Crippen LogP contribution in [0.1, 0.15) is 28.0 Å². The molecule has 1 amide bonds. The highest BCUT2D eigenvalue weighted by atomic mass is 16.5. The molecule has 18 heavy (non-hydrogen) atoms. The Morgan fingerprint density at radius 2 is 2.44 bits per heavy atom. The molecule has 0 saturated carbocycles. The van der Waals surface area contributed by atoms with E-state index in [1.54, 1.807) is 23.6 Å². The van der Waals surface area contributed by atoms with Crippen molar-refractivity contribution in [1.29, 1.82) is 0 Å². The number of aromatic nitrogens is 2. The molecule has 0 fully saturated rings. The first kappa shape index (κ1) is 12.4. The zero-order valence-corrected chi connectivity index (χ0v) is 10.3. The summed E-state index contributed by atoms with van der Waals surface area (Å²) >= 11 is 0. The first-order valence-corrected chi connectivity index (χ1v) is 5.58. The Morgan fingerprint density at radius 1 is 1.67 bits per heavy atom. The minimum atomic E-state index is -0.748. The Kier molecular flexibility index (Phi) is 3.47. The van der Waals surface area contributed by atoms with Crippen molar-refractivity contribution in [1.82, 2.24) is 15.0 Å². The lowest BCUT2D eigenvalue weighted by Gasteiger charge is -2.12. The molecule has 2 N–H and O–H groups in total. The molecule has 2 rings (SSSR count). The second-order valence-electron chi connectivity index (χ2n) is 4.09. The van der Waals surface area contributed by atoms with Crippen LogP contribution in [0.4, 0.5) is 0 Å². The predicted octanol–water partition coefficient (Wildman–Crippen LogP) is 0.785. The van der Waals surface area contributed by atoms with E-state index >= 15 is 0 Å². The van der Waals surface area contributed by atoms with Crippen molar-refractivity contribution in [2.24, 2.45) is 7.05 Å². The van der Waals surface area contributed by atoms with Gasteiger partial charge < -0.3 is 19.5 Å². The van der Waals surface area contributed by atoms with Gasteiger partial charge in [-0.25, -0.2) is 0 Å². The summed E-state index contributed by atoms with van der Waals surface area (Å²) in [5, 5.41) is 16.1. The van der Waals surface area contributed by atoms with Crippen LogP contribution < -0.4 is 5.32 Å². The molecule has 0 radical (unpaired) electrons. The Labute approximate surface area is 104 Å². The molecule has 0 aliphatic carbocycles. The summed E-state index contributed by atoms with van der Waals surface area (Å²) in [5.74, 6) is 0.211. The maximum Gasteiger partial charge on any atom is 0.273 e. The topological polar surface area (TPSA) is 80.3 Å². The molecule has 0 spiro atoms. The summed E-state index contributed by atoms with van der Waals surface area (Å²) < 4.78 is 6.61. The minimum absolute atomic E-state index is 0.128. The van der Waals surface area contributed by atoms with Gasteiger partial charge in [0.2, 0.25) is 0 Å². The zero-order valence-electron chi connectivity index (χ0n) is 10.3. The lowest BCUT2D eigenvalue weighted by atomic mass is 10.2. The summed E-state index contributed by atoms with van der Waals surface area (Å²) in [5.41, 5.74) is 0.957. The highest BCUT2D eigenvalue weighted by molar-refractivity contribution is 5.92. The van der Waals surface area contributed by atoms with Gasteiger partial charge in [-0.15, -0.1) is 0 Å². The van der Waals surface area contributed by atoms with E-state index in [9.17, 15) is 9.90 Å². The summed E-state index contributed by atoms with van der Waals surface area (Å²) in [4.78, 5) is 11.7. The summed E-state index contributed by atoms with van der Waals surface area (Å²) in [6, 6.07) is 5.18.